The molecule has 0 aliphatic rings. The molecule has 3 aromatic carbocycles. The molecule has 0 aliphatic heterocycles. The number of rotatable bonds is 19. The summed E-state index contributed by atoms with van der Waals surface area (Å²) in [5.41, 5.74) is 6.27. The van der Waals surface area contributed by atoms with Gasteiger partial charge in [-0.2, -0.15) is 0 Å². The molecule has 2 heterocycles. The number of hydrogen-bond acceptors (Lipinski definition) is 9. The lowest BCUT2D eigenvalue weighted by atomic mass is 9.97. The van der Waals surface area contributed by atoms with Crippen molar-refractivity contribution in [3.05, 3.63) is 108 Å². The van der Waals surface area contributed by atoms with E-state index >= 15 is 0 Å². The van der Waals surface area contributed by atoms with Crippen molar-refractivity contribution in [1.29, 1.82) is 0 Å². The van der Waals surface area contributed by atoms with Gasteiger partial charge in [0.25, 0.3) is 11.8 Å². The number of benzene rings is 3. The van der Waals surface area contributed by atoms with Crippen molar-refractivity contribution in [2.45, 2.75) is 64.5 Å². The summed E-state index contributed by atoms with van der Waals surface area (Å²) in [6.45, 7) is 2.73. The first-order valence-corrected chi connectivity index (χ1v) is 17.5. The maximum Gasteiger partial charge on any atom is 0.326 e. The predicted molar refractivity (Wildman–Crippen MR) is 194 cm³/mol. The molecule has 5 rings (SSSR count). The van der Waals surface area contributed by atoms with Crippen LogP contribution in [0, 0.1) is 5.92 Å². The topological polar surface area (TPSA) is 217 Å². The van der Waals surface area contributed by atoms with Crippen LogP contribution in [0.5, 0.6) is 0 Å². The molecule has 276 valence electrons. The van der Waals surface area contributed by atoms with Crippen LogP contribution in [-0.2, 0) is 33.8 Å². The SMILES string of the molecule is CCCCc1ncc(C(=O)NCCCCC(NC(=O)C(Cc2ccccc2)C(=O)NO)C(=O)O)n1Cc1ccc(-c2ccccc2)c(-c2nnn[nH]2)c1. The van der Waals surface area contributed by atoms with E-state index in [1.54, 1.807) is 36.5 Å². The number of aromatic amines is 1. The van der Waals surface area contributed by atoms with Gasteiger partial charge in [-0.1, -0.05) is 86.1 Å². The minimum absolute atomic E-state index is 0.0206. The normalized spacial score (nSPS) is 12.1. The number of carboxylic acids is 1. The molecule has 3 amide bonds. The monoisotopic (exact) mass is 721 g/mol. The van der Waals surface area contributed by atoms with Crippen LogP contribution in [0.4, 0.5) is 0 Å². The fraction of sp³-hybridized carbons (Fsp3) is 0.316. The number of aliphatic carboxylic acids is 1. The first-order chi connectivity index (χ1) is 25.8. The molecule has 0 saturated heterocycles. The summed E-state index contributed by atoms with van der Waals surface area (Å²) in [5.74, 6) is -3.35. The zero-order valence-electron chi connectivity index (χ0n) is 29.4. The first-order valence-electron chi connectivity index (χ1n) is 17.5. The van der Waals surface area contributed by atoms with Crippen LogP contribution >= 0.6 is 0 Å². The summed E-state index contributed by atoms with van der Waals surface area (Å²) in [7, 11) is 0. The number of nitrogens with one attached hydrogen (secondary N) is 4. The summed E-state index contributed by atoms with van der Waals surface area (Å²) >= 11 is 0. The number of H-pyrrole nitrogens is 1. The van der Waals surface area contributed by atoms with Crippen molar-refractivity contribution in [2.24, 2.45) is 5.92 Å². The number of carbonyl (C=O) groups excluding carboxylic acids is 3. The molecule has 15 nitrogen and oxygen atoms in total. The summed E-state index contributed by atoms with van der Waals surface area (Å²) in [6.07, 6.45) is 4.97. The van der Waals surface area contributed by atoms with Crippen LogP contribution in [0.15, 0.2) is 85.1 Å². The maximum atomic E-state index is 13.5. The zero-order chi connectivity index (χ0) is 37.6. The van der Waals surface area contributed by atoms with Crippen molar-refractivity contribution in [3.8, 4) is 22.5 Å². The second-order valence-electron chi connectivity index (χ2n) is 12.6. The van der Waals surface area contributed by atoms with Gasteiger partial charge in [0, 0.05) is 25.1 Å². The Bertz CT molecular complexity index is 1970. The van der Waals surface area contributed by atoms with Gasteiger partial charge < -0.3 is 20.3 Å². The molecule has 0 saturated carbocycles. The highest BCUT2D eigenvalue weighted by Crippen LogP contribution is 2.31. The van der Waals surface area contributed by atoms with Crippen molar-refractivity contribution in [3.63, 3.8) is 0 Å². The zero-order valence-corrected chi connectivity index (χ0v) is 29.4. The molecule has 53 heavy (non-hydrogen) atoms. The van der Waals surface area contributed by atoms with E-state index in [1.807, 2.05) is 53.1 Å². The molecule has 15 heteroatoms. The number of hydroxylamine groups is 1. The number of tetrazole rings is 1. The number of unbranched alkanes of at least 4 members (excludes halogenated alkanes) is 2. The van der Waals surface area contributed by atoms with Crippen LogP contribution < -0.4 is 16.1 Å². The average Bonchev–Trinajstić information content (AvgIpc) is 3.86. The fourth-order valence-electron chi connectivity index (χ4n) is 6.04. The van der Waals surface area contributed by atoms with E-state index in [2.05, 4.69) is 43.2 Å². The van der Waals surface area contributed by atoms with Gasteiger partial charge >= 0.3 is 5.97 Å². The van der Waals surface area contributed by atoms with E-state index in [0.717, 1.165) is 40.9 Å². The second kappa shape index (κ2) is 18.9. The van der Waals surface area contributed by atoms with Crippen molar-refractivity contribution in [2.75, 3.05) is 6.54 Å². The quantitative estimate of drug-likeness (QED) is 0.0312. The van der Waals surface area contributed by atoms with E-state index < -0.39 is 29.7 Å². The fourth-order valence-corrected chi connectivity index (χ4v) is 6.04. The molecule has 5 aromatic rings. The lowest BCUT2D eigenvalue weighted by molar-refractivity contribution is -0.146. The number of carboxylic acid groups (broad SMARTS) is 1. The van der Waals surface area contributed by atoms with E-state index in [1.165, 1.54) is 5.48 Å². The molecule has 6 N–H and O–H groups in total. The minimum atomic E-state index is -1.33. The molecule has 0 spiro atoms. The lowest BCUT2D eigenvalue weighted by Crippen LogP contribution is -2.48. The molecule has 0 aliphatic carbocycles. The van der Waals surface area contributed by atoms with Gasteiger partial charge in [-0.05, 0) is 70.9 Å². The highest BCUT2D eigenvalue weighted by Gasteiger charge is 2.30. The molecule has 2 unspecified atom stereocenters. The third kappa shape index (κ3) is 10.2. The number of aryl methyl sites for hydroxylation is 1. The van der Waals surface area contributed by atoms with E-state index in [0.29, 0.717) is 42.9 Å². The Labute approximate surface area is 306 Å². The third-order valence-electron chi connectivity index (χ3n) is 8.88. The van der Waals surface area contributed by atoms with Crippen LogP contribution in [-0.4, -0.2) is 76.8 Å². The van der Waals surface area contributed by atoms with Gasteiger partial charge in [0.1, 0.15) is 23.5 Å². The smallest absolute Gasteiger partial charge is 0.326 e. The summed E-state index contributed by atoms with van der Waals surface area (Å²) in [6, 6.07) is 23.4. The highest BCUT2D eigenvalue weighted by molar-refractivity contribution is 6.01. The summed E-state index contributed by atoms with van der Waals surface area (Å²) < 4.78 is 1.91. The van der Waals surface area contributed by atoms with Crippen LogP contribution in [0.25, 0.3) is 22.5 Å². The van der Waals surface area contributed by atoms with Crippen LogP contribution in [0.3, 0.4) is 0 Å². The number of hydrogen-bond donors (Lipinski definition) is 6. The number of carbonyl (C=O) groups is 4. The van der Waals surface area contributed by atoms with Crippen molar-refractivity contribution in [1.82, 2.24) is 46.3 Å². The predicted octanol–water partition coefficient (Wildman–Crippen LogP) is 3.95. The average molecular weight is 722 g/mol. The Morgan fingerprint density at radius 1 is 0.887 bits per heavy atom. The number of aromatic nitrogens is 6. The largest absolute Gasteiger partial charge is 0.480 e. The standard InChI is InChI=1S/C38H43N9O6/c1-2-3-17-33-40-23-32(47(33)24-26-18-19-28(27-14-8-5-9-15-27)29(22-26)34-42-45-46-43-34)37(50)39-20-11-10-16-31(38(51)52)41-35(48)30(36(49)44-53)21-25-12-6-4-7-13-25/h4-9,12-15,18-19,22-23,30-31,53H,2-3,10-11,16-17,20-21,24H2,1H3,(H,39,50)(H,41,48)(H,44,49)(H,51,52)(H,42,43,45,46). The molecule has 0 fully saturated rings. The molecular formula is C38H43N9O6. The van der Waals surface area contributed by atoms with E-state index in [-0.39, 0.29) is 25.3 Å². The van der Waals surface area contributed by atoms with Gasteiger partial charge in [0.05, 0.1) is 6.20 Å². The lowest BCUT2D eigenvalue weighted by Gasteiger charge is -2.19. The molecule has 0 radical (unpaired) electrons. The Kier molecular flexibility index (Phi) is 13.5. The minimum Gasteiger partial charge on any atom is -0.480 e. The molecule has 2 aromatic heterocycles. The van der Waals surface area contributed by atoms with Gasteiger partial charge in [-0.3, -0.25) is 19.6 Å². The Hall–Kier alpha value is -6.22. The number of amides is 3. The van der Waals surface area contributed by atoms with Crippen molar-refractivity contribution < 1.29 is 29.5 Å². The van der Waals surface area contributed by atoms with Crippen LogP contribution in [0.1, 0.15) is 66.5 Å². The Balaban J connectivity index is 1.22. The Morgan fingerprint density at radius 3 is 2.32 bits per heavy atom. The third-order valence-corrected chi connectivity index (χ3v) is 8.88. The highest BCUT2D eigenvalue weighted by atomic mass is 16.5. The van der Waals surface area contributed by atoms with E-state index in [4.69, 9.17) is 0 Å². The van der Waals surface area contributed by atoms with Crippen molar-refractivity contribution >= 4 is 23.7 Å². The van der Waals surface area contributed by atoms with Gasteiger partial charge in [-0.15, -0.1) is 5.10 Å². The maximum absolute atomic E-state index is 13.5. The van der Waals surface area contributed by atoms with E-state index in [9.17, 15) is 29.5 Å². The first kappa shape index (κ1) is 38.0. The number of nitrogens with zero attached hydrogens (tertiary/aromatic N) is 5. The molecule has 2 atom stereocenters. The number of imidazole rings is 1. The van der Waals surface area contributed by atoms with Crippen LogP contribution in [0.2, 0.25) is 0 Å². The Morgan fingerprint density at radius 2 is 1.64 bits per heavy atom. The second-order valence-corrected chi connectivity index (χ2v) is 12.6. The molecule has 0 bridgehead atoms. The summed E-state index contributed by atoms with van der Waals surface area (Å²) in [4.78, 5) is 55.3. The molecular weight excluding hydrogens is 678 g/mol. The van der Waals surface area contributed by atoms with Gasteiger partial charge in [0.2, 0.25) is 5.91 Å². The van der Waals surface area contributed by atoms with Gasteiger partial charge in [-0.25, -0.2) is 20.4 Å². The summed E-state index contributed by atoms with van der Waals surface area (Å²) in [5, 5.41) is 38.9. The van der Waals surface area contributed by atoms with Gasteiger partial charge in [0.15, 0.2) is 5.82 Å².